The fourth-order valence-electron chi connectivity index (χ4n) is 1.37. The van der Waals surface area contributed by atoms with Gasteiger partial charge in [0.2, 0.25) is 5.78 Å². The Morgan fingerprint density at radius 3 is 3.00 bits per heavy atom. The molecule has 0 unspecified atom stereocenters. The predicted molar refractivity (Wildman–Crippen MR) is 45.5 cm³/mol. The van der Waals surface area contributed by atoms with Gasteiger partial charge >= 0.3 is 0 Å². The Kier molecular flexibility index (Phi) is 1.62. The molecular weight excluding hydrogens is 168 g/mol. The van der Waals surface area contributed by atoms with E-state index in [0.717, 1.165) is 0 Å². The molecule has 1 amide bonds. The lowest BCUT2D eigenvalue weighted by Gasteiger charge is -2.22. The van der Waals surface area contributed by atoms with Crippen LogP contribution in [0.1, 0.15) is 20.8 Å². The molecule has 0 aromatic carbocycles. The third-order valence-corrected chi connectivity index (χ3v) is 2.03. The second kappa shape index (κ2) is 2.65. The number of carbonyl (C=O) groups is 2. The number of amides is 1. The molecule has 1 aliphatic rings. The van der Waals surface area contributed by atoms with Crippen molar-refractivity contribution in [3.63, 3.8) is 0 Å². The molecule has 2 heterocycles. The maximum Gasteiger partial charge on any atom is 0.256 e. The van der Waals surface area contributed by atoms with Crippen molar-refractivity contribution in [2.45, 2.75) is 0 Å². The van der Waals surface area contributed by atoms with Crippen LogP contribution in [-0.2, 0) is 0 Å². The van der Waals surface area contributed by atoms with E-state index in [1.807, 2.05) is 0 Å². The predicted octanol–water partition coefficient (Wildman–Crippen LogP) is 0.350. The molecule has 0 bridgehead atoms. The Bertz CT molecular complexity index is 387. The molecule has 1 aromatic rings. The van der Waals surface area contributed by atoms with Gasteiger partial charge in [-0.05, 0) is 12.1 Å². The number of aromatic nitrogens is 1. The second-order valence-corrected chi connectivity index (χ2v) is 2.98. The van der Waals surface area contributed by atoms with Crippen molar-refractivity contribution >= 4 is 11.7 Å². The van der Waals surface area contributed by atoms with Gasteiger partial charge in [-0.15, -0.1) is 0 Å². The Labute approximate surface area is 75.2 Å². The summed E-state index contributed by atoms with van der Waals surface area (Å²) >= 11 is 0. The number of hydrogen-bond acceptors (Lipinski definition) is 3. The summed E-state index contributed by atoms with van der Waals surface area (Å²) in [6, 6.07) is 3.28. The zero-order valence-electron chi connectivity index (χ0n) is 7.15. The zero-order chi connectivity index (χ0) is 9.42. The first-order valence-corrected chi connectivity index (χ1v) is 3.94. The average molecular weight is 176 g/mol. The molecular formula is C9H8N2O2. The fourth-order valence-corrected chi connectivity index (χ4v) is 1.37. The molecule has 4 heteroatoms. The van der Waals surface area contributed by atoms with E-state index in [0.29, 0.717) is 11.3 Å². The normalized spacial score (nSPS) is 15.9. The number of nitrogens with zero attached hydrogens (tertiary/aromatic N) is 2. The first-order chi connectivity index (χ1) is 6.20. The van der Waals surface area contributed by atoms with E-state index in [9.17, 15) is 9.59 Å². The third kappa shape index (κ3) is 1.11. The molecule has 0 aliphatic carbocycles. The van der Waals surface area contributed by atoms with Gasteiger partial charge in [0.1, 0.15) is 5.69 Å². The van der Waals surface area contributed by atoms with E-state index in [1.54, 1.807) is 19.2 Å². The monoisotopic (exact) mass is 176 g/mol. The van der Waals surface area contributed by atoms with E-state index >= 15 is 0 Å². The minimum Gasteiger partial charge on any atom is -0.334 e. The number of hydrogen-bond donors (Lipinski definition) is 0. The highest BCUT2D eigenvalue weighted by Crippen LogP contribution is 2.14. The highest BCUT2D eigenvalue weighted by atomic mass is 16.2. The van der Waals surface area contributed by atoms with Gasteiger partial charge in [0, 0.05) is 13.2 Å². The van der Waals surface area contributed by atoms with Gasteiger partial charge in [0.25, 0.3) is 5.91 Å². The summed E-state index contributed by atoms with van der Waals surface area (Å²) < 4.78 is 0. The Hall–Kier alpha value is -1.71. The van der Waals surface area contributed by atoms with Crippen LogP contribution in [0.25, 0.3) is 0 Å². The van der Waals surface area contributed by atoms with Crippen molar-refractivity contribution in [1.82, 2.24) is 9.88 Å². The topological polar surface area (TPSA) is 50.3 Å². The third-order valence-electron chi connectivity index (χ3n) is 2.03. The largest absolute Gasteiger partial charge is 0.334 e. The van der Waals surface area contributed by atoms with E-state index in [-0.39, 0.29) is 18.2 Å². The molecule has 13 heavy (non-hydrogen) atoms. The molecule has 0 saturated carbocycles. The molecule has 0 atom stereocenters. The summed E-state index contributed by atoms with van der Waals surface area (Å²) in [5, 5.41) is 0. The molecule has 0 spiro atoms. The number of ketones is 1. The van der Waals surface area contributed by atoms with Crippen molar-refractivity contribution in [2.75, 3.05) is 13.6 Å². The van der Waals surface area contributed by atoms with Crippen molar-refractivity contribution in [3.8, 4) is 0 Å². The van der Waals surface area contributed by atoms with Crippen LogP contribution >= 0.6 is 0 Å². The van der Waals surface area contributed by atoms with Crippen LogP contribution in [0.3, 0.4) is 0 Å². The average Bonchev–Trinajstić information content (AvgIpc) is 2.15. The molecule has 1 aliphatic heterocycles. The summed E-state index contributed by atoms with van der Waals surface area (Å²) in [6.07, 6.45) is 1.52. The number of pyridine rings is 1. The summed E-state index contributed by atoms with van der Waals surface area (Å²) in [4.78, 5) is 28.2. The number of Topliss-reactive ketones (excluding diaryl/α,β-unsaturated/α-hetero) is 1. The van der Waals surface area contributed by atoms with Crippen LogP contribution in [0.5, 0.6) is 0 Å². The van der Waals surface area contributed by atoms with Gasteiger partial charge in [0.05, 0.1) is 12.1 Å². The maximum absolute atomic E-state index is 11.5. The molecule has 0 fully saturated rings. The Morgan fingerprint density at radius 2 is 2.23 bits per heavy atom. The number of carbonyl (C=O) groups excluding carboxylic acids is 2. The van der Waals surface area contributed by atoms with Crippen LogP contribution in [0, 0.1) is 0 Å². The van der Waals surface area contributed by atoms with Gasteiger partial charge in [-0.1, -0.05) is 0 Å². The SMILES string of the molecule is CN1CC(=O)c2ncccc2C1=O. The number of rotatable bonds is 0. The molecule has 4 nitrogen and oxygen atoms in total. The van der Waals surface area contributed by atoms with E-state index in [2.05, 4.69) is 4.98 Å². The smallest absolute Gasteiger partial charge is 0.256 e. The first-order valence-electron chi connectivity index (χ1n) is 3.94. The lowest BCUT2D eigenvalue weighted by molar-refractivity contribution is 0.0716. The Balaban J connectivity index is 2.60. The van der Waals surface area contributed by atoms with Crippen molar-refractivity contribution < 1.29 is 9.59 Å². The van der Waals surface area contributed by atoms with Crippen LogP contribution in [0.4, 0.5) is 0 Å². The van der Waals surface area contributed by atoms with E-state index in [1.165, 1.54) is 11.1 Å². The standard InChI is InChI=1S/C9H8N2O2/c1-11-5-7(12)8-6(9(11)13)3-2-4-10-8/h2-4H,5H2,1H3. The van der Waals surface area contributed by atoms with Gasteiger partial charge < -0.3 is 4.90 Å². The molecule has 2 rings (SSSR count). The molecule has 1 aromatic heterocycles. The van der Waals surface area contributed by atoms with Crippen LogP contribution in [-0.4, -0.2) is 35.2 Å². The van der Waals surface area contributed by atoms with E-state index < -0.39 is 0 Å². The highest BCUT2D eigenvalue weighted by Gasteiger charge is 2.27. The minimum atomic E-state index is -0.136. The summed E-state index contributed by atoms with van der Waals surface area (Å²) in [6.45, 7) is 0.128. The highest BCUT2D eigenvalue weighted by molar-refractivity contribution is 6.12. The van der Waals surface area contributed by atoms with Crippen LogP contribution in [0.2, 0.25) is 0 Å². The van der Waals surface area contributed by atoms with Gasteiger partial charge in [-0.2, -0.15) is 0 Å². The molecule has 0 radical (unpaired) electrons. The number of fused-ring (bicyclic) bond motifs is 1. The van der Waals surface area contributed by atoms with Gasteiger partial charge in [0.15, 0.2) is 0 Å². The van der Waals surface area contributed by atoms with Crippen molar-refractivity contribution in [3.05, 3.63) is 29.6 Å². The van der Waals surface area contributed by atoms with E-state index in [4.69, 9.17) is 0 Å². The summed E-state index contributed by atoms with van der Waals surface area (Å²) in [5.74, 6) is -0.236. The molecule has 0 N–H and O–H groups in total. The molecule has 0 saturated heterocycles. The summed E-state index contributed by atoms with van der Waals surface area (Å²) in [5.41, 5.74) is 0.701. The van der Waals surface area contributed by atoms with Crippen LogP contribution in [0.15, 0.2) is 18.3 Å². The zero-order valence-corrected chi connectivity index (χ0v) is 7.15. The first kappa shape index (κ1) is 7.91. The number of likely N-dealkylation sites (N-methyl/N-ethyl adjacent to an activating group) is 1. The fraction of sp³-hybridized carbons (Fsp3) is 0.222. The lowest BCUT2D eigenvalue weighted by Crippen LogP contribution is -2.38. The van der Waals surface area contributed by atoms with Crippen molar-refractivity contribution in [1.29, 1.82) is 0 Å². The summed E-state index contributed by atoms with van der Waals surface area (Å²) in [7, 11) is 1.61. The van der Waals surface area contributed by atoms with Crippen molar-refractivity contribution in [2.24, 2.45) is 0 Å². The molecule has 66 valence electrons. The maximum atomic E-state index is 11.5. The van der Waals surface area contributed by atoms with Gasteiger partial charge in [-0.3, -0.25) is 14.6 Å². The van der Waals surface area contributed by atoms with Crippen LogP contribution < -0.4 is 0 Å². The lowest BCUT2D eigenvalue weighted by atomic mass is 10.0. The van der Waals surface area contributed by atoms with Gasteiger partial charge in [-0.25, -0.2) is 0 Å². The quantitative estimate of drug-likeness (QED) is 0.573. The Morgan fingerprint density at radius 1 is 1.46 bits per heavy atom. The minimum absolute atomic E-state index is 0.0994. The second-order valence-electron chi connectivity index (χ2n) is 2.98.